The van der Waals surface area contributed by atoms with Gasteiger partial charge in [-0.3, -0.25) is 4.79 Å². The Balaban J connectivity index is 2.68. The van der Waals surface area contributed by atoms with Crippen molar-refractivity contribution < 1.29 is 28.2 Å². The molecule has 8 nitrogen and oxygen atoms in total. The smallest absolute Gasteiger partial charge is 0.326 e. The van der Waals surface area contributed by atoms with Gasteiger partial charge in [-0.05, 0) is 11.4 Å². The third-order valence-corrected chi connectivity index (χ3v) is 5.75. The van der Waals surface area contributed by atoms with Gasteiger partial charge in [0.2, 0.25) is 5.91 Å². The second kappa shape index (κ2) is 7.50. The van der Waals surface area contributed by atoms with E-state index in [4.69, 9.17) is 10.2 Å². The second-order valence-electron chi connectivity index (χ2n) is 4.16. The lowest BCUT2D eigenvalue weighted by Gasteiger charge is -2.18. The number of aliphatic hydroxyl groups excluding tert-OH is 1. The number of hydrogen-bond donors (Lipinski definition) is 3. The lowest BCUT2D eigenvalue weighted by Crippen LogP contribution is -2.46. The molecule has 1 atom stereocenters. The zero-order chi connectivity index (χ0) is 16.0. The molecule has 0 saturated carbocycles. The van der Waals surface area contributed by atoms with E-state index in [0.717, 1.165) is 15.6 Å². The molecule has 10 heteroatoms. The number of nitrogens with one attached hydrogen (secondary N) is 1. The zero-order valence-corrected chi connectivity index (χ0v) is 12.9. The quantitative estimate of drug-likeness (QED) is 0.578. The Morgan fingerprint density at radius 1 is 1.48 bits per heavy atom. The monoisotopic (exact) mass is 336 g/mol. The van der Waals surface area contributed by atoms with Crippen molar-refractivity contribution in [3.8, 4) is 0 Å². The molecule has 3 N–H and O–H groups in total. The number of hydrogen-bond acceptors (Lipinski definition) is 6. The van der Waals surface area contributed by atoms with E-state index in [9.17, 15) is 18.0 Å². The summed E-state index contributed by atoms with van der Waals surface area (Å²) in [5, 5.41) is 21.3. The molecule has 21 heavy (non-hydrogen) atoms. The number of sulfonamides is 1. The first-order valence-electron chi connectivity index (χ1n) is 5.92. The minimum absolute atomic E-state index is 0.0999. The molecule has 1 aromatic rings. The fraction of sp³-hybridized carbons (Fsp3) is 0.455. The summed E-state index contributed by atoms with van der Waals surface area (Å²) in [6.07, 6.45) is -0.150. The van der Waals surface area contributed by atoms with Crippen molar-refractivity contribution in [3.63, 3.8) is 0 Å². The second-order valence-corrected chi connectivity index (χ2v) is 7.38. The predicted molar refractivity (Wildman–Crippen MR) is 75.4 cm³/mol. The first-order chi connectivity index (χ1) is 9.78. The van der Waals surface area contributed by atoms with Crippen LogP contribution in [0.25, 0.3) is 0 Å². The van der Waals surface area contributed by atoms with Gasteiger partial charge in [0.1, 0.15) is 10.3 Å². The van der Waals surface area contributed by atoms with Gasteiger partial charge in [0.15, 0.2) is 0 Å². The lowest BCUT2D eigenvalue weighted by atomic mass is 10.2. The van der Waals surface area contributed by atoms with E-state index < -0.39 is 41.1 Å². The van der Waals surface area contributed by atoms with Crippen molar-refractivity contribution in [2.75, 3.05) is 20.2 Å². The fourth-order valence-corrected chi connectivity index (χ4v) is 3.81. The highest BCUT2D eigenvalue weighted by Crippen LogP contribution is 2.19. The number of likely N-dealkylation sites (N-methyl/N-ethyl adjacent to an activating group) is 1. The molecule has 0 aliphatic rings. The molecule has 118 valence electrons. The Labute approximate surface area is 126 Å². The van der Waals surface area contributed by atoms with Gasteiger partial charge in [-0.25, -0.2) is 13.2 Å². The van der Waals surface area contributed by atoms with E-state index in [2.05, 4.69) is 5.32 Å². The summed E-state index contributed by atoms with van der Waals surface area (Å²) in [7, 11) is -2.53. The van der Waals surface area contributed by atoms with Crippen molar-refractivity contribution >= 4 is 33.2 Å². The summed E-state index contributed by atoms with van der Waals surface area (Å²) in [4.78, 5) is 22.5. The molecular formula is C11H16N2O6S2. The minimum atomic E-state index is -3.76. The van der Waals surface area contributed by atoms with Gasteiger partial charge in [0.25, 0.3) is 10.0 Å². The molecule has 1 amide bonds. The number of aliphatic carboxylic acids is 1. The third-order valence-electron chi connectivity index (χ3n) is 2.58. The van der Waals surface area contributed by atoms with Crippen LogP contribution < -0.4 is 5.32 Å². The van der Waals surface area contributed by atoms with Crippen LogP contribution in [0.1, 0.15) is 6.42 Å². The van der Waals surface area contributed by atoms with E-state index >= 15 is 0 Å². The summed E-state index contributed by atoms with van der Waals surface area (Å²) in [5.74, 6) is -2.04. The number of carbonyl (C=O) groups is 2. The molecule has 0 aliphatic heterocycles. The number of carboxylic acids is 1. The molecule has 1 unspecified atom stereocenters. The Bertz CT molecular complexity index is 584. The van der Waals surface area contributed by atoms with Crippen LogP contribution in [0, 0.1) is 0 Å². The van der Waals surface area contributed by atoms with Crippen LogP contribution in [0.15, 0.2) is 21.7 Å². The van der Waals surface area contributed by atoms with E-state index in [0.29, 0.717) is 0 Å². The van der Waals surface area contributed by atoms with Crippen molar-refractivity contribution in [2.45, 2.75) is 16.7 Å². The van der Waals surface area contributed by atoms with Crippen LogP contribution in [-0.4, -0.2) is 61.1 Å². The van der Waals surface area contributed by atoms with E-state index in [1.165, 1.54) is 13.1 Å². The van der Waals surface area contributed by atoms with Crippen LogP contribution in [0.3, 0.4) is 0 Å². The summed E-state index contributed by atoms with van der Waals surface area (Å²) in [6, 6.07) is 1.74. The number of aliphatic hydroxyl groups is 1. The van der Waals surface area contributed by atoms with Crippen molar-refractivity contribution in [1.82, 2.24) is 9.62 Å². The number of rotatable bonds is 8. The Morgan fingerprint density at radius 3 is 2.62 bits per heavy atom. The first kappa shape index (κ1) is 17.6. The molecule has 0 radical (unpaired) electrons. The van der Waals surface area contributed by atoms with Gasteiger partial charge in [0.05, 0.1) is 6.54 Å². The van der Waals surface area contributed by atoms with Crippen LogP contribution in [-0.2, 0) is 19.6 Å². The fourth-order valence-electron chi connectivity index (χ4n) is 1.48. The van der Waals surface area contributed by atoms with Gasteiger partial charge >= 0.3 is 5.97 Å². The summed E-state index contributed by atoms with van der Waals surface area (Å²) < 4.78 is 25.1. The highest BCUT2D eigenvalue weighted by molar-refractivity contribution is 7.91. The third kappa shape index (κ3) is 4.77. The van der Waals surface area contributed by atoms with Crippen LogP contribution >= 0.6 is 11.3 Å². The van der Waals surface area contributed by atoms with E-state index in [-0.39, 0.29) is 10.6 Å². The maximum Gasteiger partial charge on any atom is 0.326 e. The number of carbonyl (C=O) groups excluding carboxylic acids is 1. The average molecular weight is 336 g/mol. The maximum absolute atomic E-state index is 12.1. The van der Waals surface area contributed by atoms with E-state index in [1.807, 2.05) is 0 Å². The van der Waals surface area contributed by atoms with Crippen molar-refractivity contribution in [1.29, 1.82) is 0 Å². The average Bonchev–Trinajstić information content (AvgIpc) is 2.92. The molecule has 0 spiro atoms. The molecule has 0 fully saturated rings. The summed E-state index contributed by atoms with van der Waals surface area (Å²) >= 11 is 1.02. The van der Waals surface area contributed by atoms with Gasteiger partial charge < -0.3 is 15.5 Å². The Hall–Kier alpha value is -1.49. The molecule has 0 aliphatic carbocycles. The molecule has 0 bridgehead atoms. The largest absolute Gasteiger partial charge is 0.480 e. The molecule has 1 rings (SSSR count). The SMILES string of the molecule is CN(CC(=O)NC(CCO)C(=O)O)S(=O)(=O)c1cccs1. The standard InChI is InChI=1S/C11H16N2O6S2/c1-13(21(18,19)10-3-2-6-20-10)7-9(15)12-8(4-5-14)11(16)17/h2-3,6,8,14H,4-5,7H2,1H3,(H,12,15)(H,16,17). The number of amides is 1. The van der Waals surface area contributed by atoms with Gasteiger partial charge in [-0.1, -0.05) is 6.07 Å². The van der Waals surface area contributed by atoms with Gasteiger partial charge in [0, 0.05) is 20.1 Å². The number of carboxylic acid groups (broad SMARTS) is 1. The maximum atomic E-state index is 12.1. The minimum Gasteiger partial charge on any atom is -0.480 e. The first-order valence-corrected chi connectivity index (χ1v) is 8.24. The van der Waals surface area contributed by atoms with Crippen LogP contribution in [0.5, 0.6) is 0 Å². The van der Waals surface area contributed by atoms with Crippen molar-refractivity contribution in [3.05, 3.63) is 17.5 Å². The molecule has 0 saturated heterocycles. The predicted octanol–water partition coefficient (Wildman–Crippen LogP) is -0.680. The topological polar surface area (TPSA) is 124 Å². The highest BCUT2D eigenvalue weighted by Gasteiger charge is 2.26. The molecule has 0 aromatic carbocycles. The number of nitrogens with zero attached hydrogens (tertiary/aromatic N) is 1. The summed E-state index contributed by atoms with van der Waals surface area (Å²) in [6.45, 7) is -0.907. The summed E-state index contributed by atoms with van der Waals surface area (Å²) in [5.41, 5.74) is 0. The molecule has 1 heterocycles. The molecule has 1 aromatic heterocycles. The van der Waals surface area contributed by atoms with Crippen molar-refractivity contribution in [2.24, 2.45) is 0 Å². The number of thiophene rings is 1. The normalized spacial score (nSPS) is 13.1. The van der Waals surface area contributed by atoms with Crippen LogP contribution in [0.2, 0.25) is 0 Å². The lowest BCUT2D eigenvalue weighted by molar-refractivity contribution is -0.142. The highest BCUT2D eigenvalue weighted by atomic mass is 32.2. The van der Waals surface area contributed by atoms with Gasteiger partial charge in [-0.15, -0.1) is 11.3 Å². The van der Waals surface area contributed by atoms with Gasteiger partial charge in [-0.2, -0.15) is 4.31 Å². The van der Waals surface area contributed by atoms with Crippen LogP contribution in [0.4, 0.5) is 0 Å². The Morgan fingerprint density at radius 2 is 2.14 bits per heavy atom. The molecular weight excluding hydrogens is 320 g/mol. The Kier molecular flexibility index (Phi) is 6.27. The zero-order valence-electron chi connectivity index (χ0n) is 11.2. The van der Waals surface area contributed by atoms with E-state index in [1.54, 1.807) is 11.4 Å².